The van der Waals surface area contributed by atoms with Crippen LogP contribution in [0.5, 0.6) is 0 Å². The predicted octanol–water partition coefficient (Wildman–Crippen LogP) is -0.706. The van der Waals surface area contributed by atoms with Crippen molar-refractivity contribution < 1.29 is 51.6 Å². The Kier molecular flexibility index (Phi) is 146. The van der Waals surface area contributed by atoms with E-state index >= 15 is 0 Å². The molecule has 0 aromatic carbocycles. The van der Waals surface area contributed by atoms with E-state index in [1.165, 1.54) is 0 Å². The average molecular weight is 256 g/mol. The Bertz CT molecular complexity index is 8.00. The summed E-state index contributed by atoms with van der Waals surface area (Å²) in [4.78, 5) is 0. The second-order valence-electron chi connectivity index (χ2n) is 0. The molecule has 0 aliphatic carbocycles. The van der Waals surface area contributed by atoms with Crippen LogP contribution in [0, 0.1) is 46.9 Å². The Morgan fingerprint density at radius 2 is 1.00 bits per heavy atom. The van der Waals surface area contributed by atoms with Crippen molar-refractivity contribution in [1.82, 2.24) is 0 Å². The molecule has 4 heteroatoms. The molecule has 0 aromatic rings. The third-order valence-electron chi connectivity index (χ3n) is 0. The van der Waals surface area contributed by atoms with E-state index in [9.17, 15) is 0 Å². The molecule has 0 spiro atoms. The molecular weight excluding hydrogens is 250 g/mol. The van der Waals surface area contributed by atoms with Gasteiger partial charge >= 0.3 is 0 Å². The van der Waals surface area contributed by atoms with Crippen LogP contribution in [0.4, 0.5) is 4.70 Å². The van der Waals surface area contributed by atoms with Crippen LogP contribution in [-0.4, -0.2) is 17.4 Å². The molecule has 0 aliphatic heterocycles. The number of hydrogen-bond donors (Lipinski definition) is 0. The van der Waals surface area contributed by atoms with Gasteiger partial charge in [0.25, 0.3) is 0 Å². The monoisotopic (exact) mass is 257 g/mol. The zero-order valence-corrected chi connectivity index (χ0v) is 4.48. The standard InChI is InChI=1S/Al.F.H3P.Yb.3H/h;;1H3;;;;. The summed E-state index contributed by atoms with van der Waals surface area (Å²) in [6.45, 7) is 0. The molecule has 0 aliphatic rings. The molecule has 0 saturated carbocycles. The third-order valence-corrected chi connectivity index (χ3v) is 0. The van der Waals surface area contributed by atoms with Crippen LogP contribution in [0.1, 0.15) is 0 Å². The van der Waals surface area contributed by atoms with Gasteiger partial charge in [0.2, 0.25) is 0 Å². The summed E-state index contributed by atoms with van der Waals surface area (Å²) in [5, 5.41) is 0. The quantitative estimate of drug-likeness (QED) is 0.397. The minimum absolute atomic E-state index is 0. The first-order chi connectivity index (χ1) is 0. The van der Waals surface area contributed by atoms with Crippen LogP contribution < -0.4 is 0 Å². The topological polar surface area (TPSA) is 0 Å². The van der Waals surface area contributed by atoms with E-state index in [4.69, 9.17) is 0 Å². The zero-order valence-electron chi connectivity index (χ0n) is 1.35. The molecule has 0 saturated heterocycles. The molecule has 0 nitrogen and oxygen atoms in total. The van der Waals surface area contributed by atoms with Crippen molar-refractivity contribution in [2.45, 2.75) is 0 Å². The second-order valence-corrected chi connectivity index (χ2v) is 0. The van der Waals surface area contributed by atoms with Gasteiger partial charge in [-0.1, -0.05) is 0 Å². The fourth-order valence-electron chi connectivity index (χ4n) is 0. The second kappa shape index (κ2) is 18.1. The SMILES string of the molecule is P.[AlH3].[F].[Yb]. The van der Waals surface area contributed by atoms with Crippen molar-refractivity contribution in [2.75, 3.05) is 0 Å². The van der Waals surface area contributed by atoms with Crippen molar-refractivity contribution in [2.24, 2.45) is 0 Å². The molecule has 0 aromatic heterocycles. The molecular formula is H6AlFPYb. The normalized spacial score (nSPS) is 0. The van der Waals surface area contributed by atoms with E-state index in [1.807, 2.05) is 0 Å². The van der Waals surface area contributed by atoms with Gasteiger partial charge < -0.3 is 0 Å². The van der Waals surface area contributed by atoms with Gasteiger partial charge in [-0.05, 0) is 0 Å². The van der Waals surface area contributed by atoms with Gasteiger partial charge in [-0.15, -0.1) is 0 Å². The van der Waals surface area contributed by atoms with E-state index in [1.54, 1.807) is 0 Å². The van der Waals surface area contributed by atoms with Crippen molar-refractivity contribution in [1.29, 1.82) is 0 Å². The van der Waals surface area contributed by atoms with E-state index in [2.05, 4.69) is 0 Å². The molecule has 4 heavy (non-hydrogen) atoms. The molecule has 1 radical (unpaired) electrons. The Balaban J connectivity index is 0. The van der Waals surface area contributed by atoms with Gasteiger partial charge in [-0.3, -0.25) is 0 Å². The fourth-order valence-corrected chi connectivity index (χ4v) is 0. The number of hydrogen-bond acceptors (Lipinski definition) is 0. The first kappa shape index (κ1) is 32.3. The minimum Gasteiger partial charge on any atom is -0.153 e. The molecule has 35 valence electrons. The maximum absolute atomic E-state index is 0. The number of halogens is 1. The summed E-state index contributed by atoms with van der Waals surface area (Å²) in [5.74, 6) is 0. The molecule has 1 atom stereocenters. The predicted molar refractivity (Wildman–Crippen MR) is 22.2 cm³/mol. The molecule has 0 fully saturated rings. The Morgan fingerprint density at radius 1 is 1.00 bits per heavy atom. The van der Waals surface area contributed by atoms with Crippen LogP contribution in [0.2, 0.25) is 0 Å². The summed E-state index contributed by atoms with van der Waals surface area (Å²) in [5.41, 5.74) is 0. The fraction of sp³-hybridized carbons (Fsp3) is 0. The molecule has 0 bridgehead atoms. The molecule has 1 unspecified atom stereocenters. The summed E-state index contributed by atoms with van der Waals surface area (Å²) < 4.78 is 0. The number of rotatable bonds is 0. The van der Waals surface area contributed by atoms with Crippen LogP contribution >= 0.6 is 9.90 Å². The Morgan fingerprint density at radius 3 is 1.00 bits per heavy atom. The van der Waals surface area contributed by atoms with Gasteiger partial charge in [0.15, 0.2) is 17.4 Å². The van der Waals surface area contributed by atoms with Gasteiger partial charge in [-0.2, -0.15) is 9.90 Å². The van der Waals surface area contributed by atoms with E-state index in [0.29, 0.717) is 0 Å². The van der Waals surface area contributed by atoms with Crippen LogP contribution in [0.3, 0.4) is 0 Å². The largest absolute Gasteiger partial charge is 0.187 e. The van der Waals surface area contributed by atoms with Crippen molar-refractivity contribution in [3.63, 3.8) is 0 Å². The van der Waals surface area contributed by atoms with Crippen molar-refractivity contribution in [3.8, 4) is 0 Å². The Labute approximate surface area is 77.5 Å². The van der Waals surface area contributed by atoms with E-state index in [-0.39, 0.29) is 78.9 Å². The first-order valence-electron chi connectivity index (χ1n) is 0. The smallest absolute Gasteiger partial charge is 0.153 e. The van der Waals surface area contributed by atoms with Crippen LogP contribution in [0.15, 0.2) is 0 Å². The summed E-state index contributed by atoms with van der Waals surface area (Å²) in [6.07, 6.45) is 0. The van der Waals surface area contributed by atoms with E-state index < -0.39 is 0 Å². The molecule has 0 amide bonds. The minimum atomic E-state index is 0. The van der Waals surface area contributed by atoms with Gasteiger partial charge in [0, 0.05) is 51.6 Å². The zero-order chi connectivity index (χ0) is 0. The van der Waals surface area contributed by atoms with Crippen molar-refractivity contribution in [3.05, 3.63) is 0 Å². The molecule has 0 heterocycles. The summed E-state index contributed by atoms with van der Waals surface area (Å²) in [7, 11) is 0. The first-order valence-corrected chi connectivity index (χ1v) is 0. The average Bonchev–Trinajstić information content (AvgIpc) is 0. The summed E-state index contributed by atoms with van der Waals surface area (Å²) in [6, 6.07) is 0. The van der Waals surface area contributed by atoms with Crippen LogP contribution in [-0.2, 0) is 0 Å². The summed E-state index contributed by atoms with van der Waals surface area (Å²) >= 11 is 0. The maximum atomic E-state index is 0. The third kappa shape index (κ3) is 8.83. The van der Waals surface area contributed by atoms with Crippen molar-refractivity contribution >= 4 is 27.3 Å². The van der Waals surface area contributed by atoms with Crippen LogP contribution in [0.25, 0.3) is 0 Å². The van der Waals surface area contributed by atoms with Gasteiger partial charge in [-0.25, -0.2) is 0 Å². The molecule has 0 N–H and O–H groups in total. The maximum Gasteiger partial charge on any atom is 0.187 e. The van der Waals surface area contributed by atoms with Gasteiger partial charge in [0.05, 0.1) is 0 Å². The van der Waals surface area contributed by atoms with Gasteiger partial charge in [0.1, 0.15) is 0 Å². The Hall–Kier alpha value is 2.41. The molecule has 0 rings (SSSR count). The van der Waals surface area contributed by atoms with E-state index in [0.717, 1.165) is 0 Å².